The van der Waals surface area contributed by atoms with Crippen molar-refractivity contribution in [2.45, 2.75) is 24.1 Å². The Morgan fingerprint density at radius 3 is 2.84 bits per heavy atom. The van der Waals surface area contributed by atoms with Gasteiger partial charge in [0.25, 0.3) is 5.69 Å². The molecular weight excluding hydrogens is 308 g/mol. The van der Waals surface area contributed by atoms with Crippen LogP contribution in [0.3, 0.4) is 0 Å². The van der Waals surface area contributed by atoms with Crippen LogP contribution in [0.25, 0.3) is 10.8 Å². The van der Waals surface area contributed by atoms with Crippen molar-refractivity contribution in [2.24, 2.45) is 5.92 Å². The highest BCUT2D eigenvalue weighted by molar-refractivity contribution is 9.09. The fourth-order valence-corrected chi connectivity index (χ4v) is 3.29. The molecule has 0 amide bonds. The second kappa shape index (κ2) is 4.89. The third-order valence-electron chi connectivity index (χ3n) is 3.63. The number of benzene rings is 1. The molecule has 1 unspecified atom stereocenters. The molecule has 4 nitrogen and oxygen atoms in total. The van der Waals surface area contributed by atoms with E-state index in [1.54, 1.807) is 18.5 Å². The molecule has 1 saturated carbocycles. The summed E-state index contributed by atoms with van der Waals surface area (Å²) in [5.74, 6) is 0.757. The summed E-state index contributed by atoms with van der Waals surface area (Å²) < 4.78 is 0. The Morgan fingerprint density at radius 2 is 2.16 bits per heavy atom. The van der Waals surface area contributed by atoms with Gasteiger partial charge in [0, 0.05) is 23.3 Å². The van der Waals surface area contributed by atoms with E-state index in [4.69, 9.17) is 0 Å². The molecule has 3 rings (SSSR count). The number of nitrogens with zero attached hydrogens (tertiary/aromatic N) is 2. The summed E-state index contributed by atoms with van der Waals surface area (Å²) in [5.41, 5.74) is 1.28. The summed E-state index contributed by atoms with van der Waals surface area (Å²) in [5, 5.41) is 12.6. The average Bonchev–Trinajstić information content (AvgIpc) is 3.23. The van der Waals surface area contributed by atoms with E-state index < -0.39 is 0 Å². The molecule has 5 heteroatoms. The van der Waals surface area contributed by atoms with Crippen LogP contribution in [0.2, 0.25) is 0 Å². The standard InChI is InChI=1S/C14H13BrN2O2/c15-13(9-1-2-9)7-10-3-4-14(17(18)19)12-8-16-6-5-11(10)12/h3-6,8-9,13H,1-2,7H2. The van der Waals surface area contributed by atoms with Gasteiger partial charge in [0.05, 0.1) is 10.3 Å². The van der Waals surface area contributed by atoms with E-state index in [9.17, 15) is 10.1 Å². The lowest BCUT2D eigenvalue weighted by atomic mass is 10.00. The highest BCUT2D eigenvalue weighted by Crippen LogP contribution is 2.39. The number of nitro benzene ring substituents is 1. The number of non-ortho nitro benzene ring substituents is 1. The van der Waals surface area contributed by atoms with Gasteiger partial charge in [-0.15, -0.1) is 0 Å². The smallest absolute Gasteiger partial charge is 0.264 e. The lowest BCUT2D eigenvalue weighted by Crippen LogP contribution is -2.05. The van der Waals surface area contributed by atoms with Gasteiger partial charge in [0.15, 0.2) is 0 Å². The molecule has 2 aromatic rings. The first-order valence-electron chi connectivity index (χ1n) is 6.31. The van der Waals surface area contributed by atoms with Crippen LogP contribution in [0, 0.1) is 16.0 Å². The SMILES string of the molecule is O=[N+]([O-])c1ccc(CC(Br)C2CC2)c2ccncc12. The van der Waals surface area contributed by atoms with Crippen LogP contribution in [0.1, 0.15) is 18.4 Å². The first-order chi connectivity index (χ1) is 9.16. The first-order valence-corrected chi connectivity index (χ1v) is 7.22. The van der Waals surface area contributed by atoms with E-state index in [-0.39, 0.29) is 10.6 Å². The van der Waals surface area contributed by atoms with Gasteiger partial charge >= 0.3 is 0 Å². The maximum Gasteiger partial charge on any atom is 0.278 e. The molecule has 1 aliphatic carbocycles. The molecule has 1 heterocycles. The summed E-state index contributed by atoms with van der Waals surface area (Å²) in [4.78, 5) is 15.2. The van der Waals surface area contributed by atoms with Gasteiger partial charge in [-0.3, -0.25) is 15.1 Å². The highest BCUT2D eigenvalue weighted by atomic mass is 79.9. The van der Waals surface area contributed by atoms with Crippen LogP contribution < -0.4 is 0 Å². The Balaban J connectivity index is 2.05. The summed E-state index contributed by atoms with van der Waals surface area (Å²) in [7, 11) is 0. The minimum atomic E-state index is -0.347. The van der Waals surface area contributed by atoms with Crippen molar-refractivity contribution in [3.63, 3.8) is 0 Å². The van der Waals surface area contributed by atoms with Crippen molar-refractivity contribution in [3.05, 3.63) is 46.3 Å². The van der Waals surface area contributed by atoms with Crippen molar-refractivity contribution < 1.29 is 4.92 Å². The van der Waals surface area contributed by atoms with Crippen molar-refractivity contribution in [3.8, 4) is 0 Å². The number of rotatable bonds is 4. The number of hydrogen-bond donors (Lipinski definition) is 0. The van der Waals surface area contributed by atoms with E-state index in [2.05, 4.69) is 20.9 Å². The zero-order valence-corrected chi connectivity index (χ0v) is 11.8. The number of aromatic nitrogens is 1. The summed E-state index contributed by atoms with van der Waals surface area (Å²) in [6.45, 7) is 0. The number of alkyl halides is 1. The zero-order valence-electron chi connectivity index (χ0n) is 10.3. The highest BCUT2D eigenvalue weighted by Gasteiger charge is 2.29. The second-order valence-electron chi connectivity index (χ2n) is 4.98. The number of halogens is 1. The summed E-state index contributed by atoms with van der Waals surface area (Å²) >= 11 is 3.73. The number of hydrogen-bond acceptors (Lipinski definition) is 3. The Bertz CT molecular complexity index is 640. The van der Waals surface area contributed by atoms with Gasteiger partial charge in [-0.1, -0.05) is 22.0 Å². The molecule has 1 atom stereocenters. The van der Waals surface area contributed by atoms with E-state index >= 15 is 0 Å². The van der Waals surface area contributed by atoms with Crippen molar-refractivity contribution >= 4 is 32.4 Å². The molecule has 0 spiro atoms. The first kappa shape index (κ1) is 12.5. The van der Waals surface area contributed by atoms with E-state index in [1.807, 2.05) is 12.1 Å². The number of fused-ring (bicyclic) bond motifs is 1. The Morgan fingerprint density at radius 1 is 1.37 bits per heavy atom. The molecule has 1 fully saturated rings. The fourth-order valence-electron chi connectivity index (χ4n) is 2.41. The van der Waals surface area contributed by atoms with Crippen LogP contribution in [0.5, 0.6) is 0 Å². The third-order valence-corrected chi connectivity index (χ3v) is 4.70. The molecule has 1 aromatic heterocycles. The molecule has 0 N–H and O–H groups in total. The van der Waals surface area contributed by atoms with Gasteiger partial charge < -0.3 is 0 Å². The molecule has 0 bridgehead atoms. The van der Waals surface area contributed by atoms with E-state index in [0.29, 0.717) is 10.2 Å². The monoisotopic (exact) mass is 320 g/mol. The van der Waals surface area contributed by atoms with Crippen LogP contribution in [-0.4, -0.2) is 14.7 Å². The molecule has 1 aliphatic rings. The van der Waals surface area contributed by atoms with Gasteiger partial charge in [-0.05, 0) is 42.2 Å². The molecule has 19 heavy (non-hydrogen) atoms. The number of pyridine rings is 1. The summed E-state index contributed by atoms with van der Waals surface area (Å²) in [6.07, 6.45) is 6.74. The van der Waals surface area contributed by atoms with Gasteiger partial charge in [-0.25, -0.2) is 0 Å². The molecule has 0 aliphatic heterocycles. The quantitative estimate of drug-likeness (QED) is 0.488. The van der Waals surface area contributed by atoms with Gasteiger partial charge in [0.2, 0.25) is 0 Å². The zero-order chi connectivity index (χ0) is 13.4. The van der Waals surface area contributed by atoms with Gasteiger partial charge in [0.1, 0.15) is 0 Å². The maximum absolute atomic E-state index is 11.0. The molecular formula is C14H13BrN2O2. The third kappa shape index (κ3) is 2.47. The van der Waals surface area contributed by atoms with Crippen LogP contribution in [0.4, 0.5) is 5.69 Å². The lowest BCUT2D eigenvalue weighted by molar-refractivity contribution is -0.383. The maximum atomic E-state index is 11.0. The van der Waals surface area contributed by atoms with Crippen LogP contribution >= 0.6 is 15.9 Å². The second-order valence-corrected chi connectivity index (χ2v) is 6.16. The Hall–Kier alpha value is -1.49. The van der Waals surface area contributed by atoms with E-state index in [1.165, 1.54) is 12.8 Å². The molecule has 98 valence electrons. The predicted octanol–water partition coefficient (Wildman–Crippen LogP) is 3.86. The topological polar surface area (TPSA) is 56.0 Å². The fraction of sp³-hybridized carbons (Fsp3) is 0.357. The Labute approximate surface area is 119 Å². The van der Waals surface area contributed by atoms with Crippen molar-refractivity contribution in [1.29, 1.82) is 0 Å². The number of nitro groups is 1. The Kier molecular flexibility index (Phi) is 3.22. The molecule has 1 aromatic carbocycles. The minimum absolute atomic E-state index is 0.129. The van der Waals surface area contributed by atoms with Gasteiger partial charge in [-0.2, -0.15) is 0 Å². The largest absolute Gasteiger partial charge is 0.278 e. The normalized spacial score (nSPS) is 16.5. The van der Waals surface area contributed by atoms with Crippen molar-refractivity contribution in [1.82, 2.24) is 4.98 Å². The molecule has 0 saturated heterocycles. The van der Waals surface area contributed by atoms with Crippen LogP contribution in [-0.2, 0) is 6.42 Å². The average molecular weight is 321 g/mol. The molecule has 0 radical (unpaired) electrons. The van der Waals surface area contributed by atoms with E-state index in [0.717, 1.165) is 23.3 Å². The lowest BCUT2D eigenvalue weighted by Gasteiger charge is -2.11. The summed E-state index contributed by atoms with van der Waals surface area (Å²) in [6, 6.07) is 5.33. The minimum Gasteiger partial charge on any atom is -0.264 e. The van der Waals surface area contributed by atoms with Crippen molar-refractivity contribution in [2.75, 3.05) is 0 Å². The van der Waals surface area contributed by atoms with Crippen LogP contribution in [0.15, 0.2) is 30.6 Å². The predicted molar refractivity (Wildman–Crippen MR) is 77.5 cm³/mol.